The fraction of sp³-hybridized carbons (Fsp3) is 0.182. The molecule has 0 spiro atoms. The van der Waals surface area contributed by atoms with E-state index < -0.39 is 0 Å². The number of methoxy groups -OCH3 is 1. The molecule has 0 aliphatic carbocycles. The molecule has 4 nitrogen and oxygen atoms in total. The highest BCUT2D eigenvalue weighted by molar-refractivity contribution is 6.32. The van der Waals surface area contributed by atoms with Crippen molar-refractivity contribution in [2.45, 2.75) is 6.61 Å². The van der Waals surface area contributed by atoms with Gasteiger partial charge in [0.15, 0.2) is 0 Å². The Kier molecular flexibility index (Phi) is 3.12. The van der Waals surface area contributed by atoms with Gasteiger partial charge >= 0.3 is 0 Å². The lowest BCUT2D eigenvalue weighted by molar-refractivity contribution is 0.276. The molecule has 0 unspecified atom stereocenters. The Morgan fingerprint density at radius 2 is 2.25 bits per heavy atom. The normalized spacial score (nSPS) is 10.4. The fourth-order valence-electron chi connectivity index (χ4n) is 1.39. The van der Waals surface area contributed by atoms with Gasteiger partial charge in [0, 0.05) is 6.20 Å². The predicted molar refractivity (Wildman–Crippen MR) is 61.0 cm³/mol. The monoisotopic (exact) mass is 238 g/mol. The number of benzene rings is 1. The molecule has 0 saturated heterocycles. The second-order valence-electron chi connectivity index (χ2n) is 3.23. The van der Waals surface area contributed by atoms with Crippen LogP contribution >= 0.6 is 11.6 Å². The average Bonchev–Trinajstić information content (AvgIpc) is 2.77. The van der Waals surface area contributed by atoms with Crippen LogP contribution in [-0.2, 0) is 6.61 Å². The number of aliphatic hydroxyl groups excluding tert-OH is 1. The summed E-state index contributed by atoms with van der Waals surface area (Å²) in [7, 11) is 1.57. The number of hydrogen-bond acceptors (Lipinski definition) is 3. The second kappa shape index (κ2) is 4.55. The topological polar surface area (TPSA) is 47.3 Å². The quantitative estimate of drug-likeness (QED) is 0.890. The van der Waals surface area contributed by atoms with E-state index in [4.69, 9.17) is 21.4 Å². The molecule has 84 valence electrons. The lowest BCUT2D eigenvalue weighted by Crippen LogP contribution is -1.96. The Morgan fingerprint density at radius 3 is 2.81 bits per heavy atom. The highest BCUT2D eigenvalue weighted by atomic mass is 35.5. The molecule has 1 aromatic carbocycles. The molecule has 1 aromatic heterocycles. The SMILES string of the molecule is COc1ccc(-n2ccc(CO)n2)cc1Cl. The third kappa shape index (κ3) is 2.03. The fourth-order valence-corrected chi connectivity index (χ4v) is 1.64. The Morgan fingerprint density at radius 1 is 1.44 bits per heavy atom. The first-order valence-corrected chi connectivity index (χ1v) is 5.11. The van der Waals surface area contributed by atoms with E-state index in [1.54, 1.807) is 36.2 Å². The summed E-state index contributed by atoms with van der Waals surface area (Å²) >= 11 is 6.00. The van der Waals surface area contributed by atoms with Gasteiger partial charge in [-0.1, -0.05) is 11.6 Å². The first kappa shape index (κ1) is 11.0. The van der Waals surface area contributed by atoms with Crippen LogP contribution in [0.25, 0.3) is 5.69 Å². The van der Waals surface area contributed by atoms with Gasteiger partial charge in [-0.25, -0.2) is 4.68 Å². The highest BCUT2D eigenvalue weighted by Gasteiger charge is 2.04. The van der Waals surface area contributed by atoms with E-state index in [9.17, 15) is 0 Å². The van der Waals surface area contributed by atoms with E-state index in [1.165, 1.54) is 0 Å². The molecule has 0 amide bonds. The molecular formula is C11H11ClN2O2. The van der Waals surface area contributed by atoms with Crippen molar-refractivity contribution in [1.82, 2.24) is 9.78 Å². The maximum atomic E-state index is 8.91. The van der Waals surface area contributed by atoms with Crippen LogP contribution in [0.15, 0.2) is 30.5 Å². The van der Waals surface area contributed by atoms with Crippen LogP contribution in [0, 0.1) is 0 Å². The number of ether oxygens (including phenoxy) is 1. The van der Waals surface area contributed by atoms with E-state index in [0.717, 1.165) is 5.69 Å². The molecule has 0 radical (unpaired) electrons. The summed E-state index contributed by atoms with van der Waals surface area (Å²) in [5.41, 5.74) is 1.44. The van der Waals surface area contributed by atoms with Crippen molar-refractivity contribution in [3.05, 3.63) is 41.2 Å². The molecule has 0 atom stereocenters. The van der Waals surface area contributed by atoms with E-state index in [-0.39, 0.29) is 6.61 Å². The number of aliphatic hydroxyl groups is 1. The van der Waals surface area contributed by atoms with Crippen LogP contribution in [0.2, 0.25) is 5.02 Å². The van der Waals surface area contributed by atoms with Crippen molar-refractivity contribution >= 4 is 11.6 Å². The van der Waals surface area contributed by atoms with E-state index in [2.05, 4.69) is 5.10 Å². The van der Waals surface area contributed by atoms with Gasteiger partial charge in [-0.15, -0.1) is 0 Å². The van der Waals surface area contributed by atoms with Gasteiger partial charge in [-0.2, -0.15) is 5.10 Å². The molecule has 0 aliphatic heterocycles. The number of nitrogens with zero attached hydrogens (tertiary/aromatic N) is 2. The Bertz CT molecular complexity index is 496. The number of rotatable bonds is 3. The van der Waals surface area contributed by atoms with Crippen LogP contribution in [0.1, 0.15) is 5.69 Å². The zero-order valence-corrected chi connectivity index (χ0v) is 9.48. The maximum Gasteiger partial charge on any atom is 0.137 e. The Labute approximate surface area is 98.0 Å². The number of hydrogen-bond donors (Lipinski definition) is 1. The first-order chi connectivity index (χ1) is 7.74. The molecule has 16 heavy (non-hydrogen) atoms. The van der Waals surface area contributed by atoms with Crippen molar-refractivity contribution in [2.75, 3.05) is 7.11 Å². The maximum absolute atomic E-state index is 8.91. The largest absolute Gasteiger partial charge is 0.495 e. The number of aromatic nitrogens is 2. The van der Waals surface area contributed by atoms with Crippen LogP contribution in [0.4, 0.5) is 0 Å². The summed E-state index contributed by atoms with van der Waals surface area (Å²) in [5.74, 6) is 0.625. The summed E-state index contributed by atoms with van der Waals surface area (Å²) in [5, 5.41) is 13.6. The van der Waals surface area contributed by atoms with Crippen molar-refractivity contribution in [3.8, 4) is 11.4 Å². The summed E-state index contributed by atoms with van der Waals surface area (Å²) in [6.45, 7) is -0.0725. The van der Waals surface area contributed by atoms with E-state index in [0.29, 0.717) is 16.5 Å². The summed E-state index contributed by atoms with van der Waals surface area (Å²) in [6, 6.07) is 7.13. The zero-order valence-electron chi connectivity index (χ0n) is 8.72. The standard InChI is InChI=1S/C11H11ClN2O2/c1-16-11-3-2-9(6-10(11)12)14-5-4-8(7-15)13-14/h2-6,15H,7H2,1H3. The average molecular weight is 239 g/mol. The van der Waals surface area contributed by atoms with Gasteiger partial charge in [-0.3, -0.25) is 0 Å². The lowest BCUT2D eigenvalue weighted by Gasteiger charge is -2.05. The lowest BCUT2D eigenvalue weighted by atomic mass is 10.3. The predicted octanol–water partition coefficient (Wildman–Crippen LogP) is 2.03. The van der Waals surface area contributed by atoms with Gasteiger partial charge in [0.1, 0.15) is 5.75 Å². The van der Waals surface area contributed by atoms with Crippen LogP contribution in [-0.4, -0.2) is 22.0 Å². The third-order valence-corrected chi connectivity index (χ3v) is 2.50. The van der Waals surface area contributed by atoms with E-state index >= 15 is 0 Å². The molecule has 0 fully saturated rings. The molecule has 5 heteroatoms. The summed E-state index contributed by atoms with van der Waals surface area (Å²) < 4.78 is 6.71. The van der Waals surface area contributed by atoms with Crippen molar-refractivity contribution < 1.29 is 9.84 Å². The first-order valence-electron chi connectivity index (χ1n) is 4.74. The minimum absolute atomic E-state index is 0.0725. The smallest absolute Gasteiger partial charge is 0.137 e. The van der Waals surface area contributed by atoms with Gasteiger partial charge < -0.3 is 9.84 Å². The highest BCUT2D eigenvalue weighted by Crippen LogP contribution is 2.26. The molecule has 2 aromatic rings. The zero-order chi connectivity index (χ0) is 11.5. The molecule has 0 bridgehead atoms. The Hall–Kier alpha value is -1.52. The van der Waals surface area contributed by atoms with Crippen molar-refractivity contribution in [2.24, 2.45) is 0 Å². The molecule has 0 saturated carbocycles. The summed E-state index contributed by atoms with van der Waals surface area (Å²) in [4.78, 5) is 0. The Balaban J connectivity index is 2.37. The van der Waals surface area contributed by atoms with Crippen LogP contribution in [0.3, 0.4) is 0 Å². The molecule has 1 N–H and O–H groups in total. The van der Waals surface area contributed by atoms with Gasteiger partial charge in [-0.05, 0) is 24.3 Å². The molecular weight excluding hydrogens is 228 g/mol. The molecule has 0 aliphatic rings. The van der Waals surface area contributed by atoms with Gasteiger partial charge in [0.25, 0.3) is 0 Å². The van der Waals surface area contributed by atoms with Crippen molar-refractivity contribution in [3.63, 3.8) is 0 Å². The molecule has 2 rings (SSSR count). The minimum atomic E-state index is -0.0725. The van der Waals surface area contributed by atoms with Crippen LogP contribution < -0.4 is 4.74 Å². The van der Waals surface area contributed by atoms with Crippen molar-refractivity contribution in [1.29, 1.82) is 0 Å². The van der Waals surface area contributed by atoms with E-state index in [1.807, 2.05) is 6.07 Å². The summed E-state index contributed by atoms with van der Waals surface area (Å²) in [6.07, 6.45) is 1.77. The van der Waals surface area contributed by atoms with Crippen LogP contribution in [0.5, 0.6) is 5.75 Å². The molecule has 1 heterocycles. The number of halogens is 1. The van der Waals surface area contributed by atoms with Gasteiger partial charge in [0.2, 0.25) is 0 Å². The third-order valence-electron chi connectivity index (χ3n) is 2.21. The van der Waals surface area contributed by atoms with Gasteiger partial charge in [0.05, 0.1) is 30.1 Å². The minimum Gasteiger partial charge on any atom is -0.495 e. The second-order valence-corrected chi connectivity index (χ2v) is 3.64.